The highest BCUT2D eigenvalue weighted by Crippen LogP contribution is 2.20. The molecule has 0 aliphatic heterocycles. The largest absolute Gasteiger partial charge is 0.466 e. The average Bonchev–Trinajstić information content (AvgIpc) is 2.79. The van der Waals surface area contributed by atoms with Crippen LogP contribution in [0.15, 0.2) is 18.5 Å². The molecule has 6 nitrogen and oxygen atoms in total. The van der Waals surface area contributed by atoms with Crippen molar-refractivity contribution < 1.29 is 9.53 Å². The van der Waals surface area contributed by atoms with Crippen LogP contribution in [0, 0.1) is 6.92 Å². The van der Waals surface area contributed by atoms with Crippen molar-refractivity contribution in [2.24, 2.45) is 7.05 Å². The van der Waals surface area contributed by atoms with Crippen molar-refractivity contribution in [2.75, 3.05) is 6.61 Å². The normalized spacial score (nSPS) is 10.6. The first kappa shape index (κ1) is 14.2. The lowest BCUT2D eigenvalue weighted by molar-refractivity contribution is -0.143. The molecule has 2 aromatic rings. The van der Waals surface area contributed by atoms with Crippen LogP contribution in [0.1, 0.15) is 24.7 Å². The van der Waals surface area contributed by atoms with Gasteiger partial charge in [0.05, 0.1) is 13.0 Å². The highest BCUT2D eigenvalue weighted by atomic mass is 16.5. The molecule has 20 heavy (non-hydrogen) atoms. The molecule has 0 atom stereocenters. The van der Waals surface area contributed by atoms with Crippen molar-refractivity contribution in [3.05, 3.63) is 29.8 Å². The minimum absolute atomic E-state index is 0.221. The van der Waals surface area contributed by atoms with Gasteiger partial charge in [0.15, 0.2) is 11.6 Å². The van der Waals surface area contributed by atoms with Crippen molar-refractivity contribution in [3.8, 4) is 11.4 Å². The SMILES string of the molecule is CCOC(=O)CCc1nc(-c2ccncc2C)n(C)n1. The van der Waals surface area contributed by atoms with E-state index < -0.39 is 0 Å². The number of hydrogen-bond acceptors (Lipinski definition) is 5. The van der Waals surface area contributed by atoms with Gasteiger partial charge < -0.3 is 4.74 Å². The van der Waals surface area contributed by atoms with Gasteiger partial charge in [-0.3, -0.25) is 9.78 Å². The Balaban J connectivity index is 2.14. The third-order valence-electron chi connectivity index (χ3n) is 2.93. The fraction of sp³-hybridized carbons (Fsp3) is 0.429. The number of rotatable bonds is 5. The van der Waals surface area contributed by atoms with Crippen LogP contribution in [0.25, 0.3) is 11.4 Å². The Morgan fingerprint density at radius 3 is 2.95 bits per heavy atom. The smallest absolute Gasteiger partial charge is 0.306 e. The Labute approximate surface area is 117 Å². The molecule has 0 spiro atoms. The molecule has 0 aliphatic carbocycles. The summed E-state index contributed by atoms with van der Waals surface area (Å²) in [5, 5.41) is 4.34. The van der Waals surface area contributed by atoms with Crippen LogP contribution in [0.2, 0.25) is 0 Å². The third-order valence-corrected chi connectivity index (χ3v) is 2.93. The van der Waals surface area contributed by atoms with Crippen LogP contribution >= 0.6 is 0 Å². The van der Waals surface area contributed by atoms with E-state index in [0.717, 1.165) is 17.0 Å². The van der Waals surface area contributed by atoms with Crippen LogP contribution < -0.4 is 0 Å². The summed E-state index contributed by atoms with van der Waals surface area (Å²) in [4.78, 5) is 19.9. The second-order valence-electron chi connectivity index (χ2n) is 4.47. The molecular weight excluding hydrogens is 256 g/mol. The van der Waals surface area contributed by atoms with E-state index in [1.807, 2.05) is 20.0 Å². The summed E-state index contributed by atoms with van der Waals surface area (Å²) in [6.07, 6.45) is 4.31. The van der Waals surface area contributed by atoms with Gasteiger partial charge in [0, 0.05) is 31.4 Å². The van der Waals surface area contributed by atoms with Crippen molar-refractivity contribution >= 4 is 5.97 Å². The van der Waals surface area contributed by atoms with Crippen LogP contribution in [-0.2, 0) is 23.0 Å². The lowest BCUT2D eigenvalue weighted by Crippen LogP contribution is -2.06. The second-order valence-corrected chi connectivity index (χ2v) is 4.47. The first-order chi connectivity index (χ1) is 9.61. The molecule has 0 fully saturated rings. The van der Waals surface area contributed by atoms with E-state index in [2.05, 4.69) is 15.1 Å². The molecule has 106 valence electrons. The van der Waals surface area contributed by atoms with Crippen molar-refractivity contribution in [2.45, 2.75) is 26.7 Å². The molecule has 2 aromatic heterocycles. The van der Waals surface area contributed by atoms with Gasteiger partial charge in [0.1, 0.15) is 0 Å². The molecule has 0 saturated carbocycles. The van der Waals surface area contributed by atoms with Crippen molar-refractivity contribution in [1.29, 1.82) is 0 Å². The first-order valence-electron chi connectivity index (χ1n) is 6.58. The van der Waals surface area contributed by atoms with E-state index in [-0.39, 0.29) is 5.97 Å². The number of carbonyl (C=O) groups excluding carboxylic acids is 1. The predicted molar refractivity (Wildman–Crippen MR) is 73.9 cm³/mol. The standard InChI is InChI=1S/C14H18N4O2/c1-4-20-13(19)6-5-12-16-14(18(3)17-12)11-7-8-15-9-10(11)2/h7-9H,4-6H2,1-3H3. The molecule has 0 amide bonds. The number of hydrogen-bond donors (Lipinski definition) is 0. The van der Waals surface area contributed by atoms with E-state index >= 15 is 0 Å². The van der Waals surface area contributed by atoms with Gasteiger partial charge in [0.2, 0.25) is 0 Å². The summed E-state index contributed by atoms with van der Waals surface area (Å²) in [6.45, 7) is 4.17. The van der Waals surface area contributed by atoms with Crippen LogP contribution in [0.5, 0.6) is 0 Å². The van der Waals surface area contributed by atoms with Gasteiger partial charge in [-0.2, -0.15) is 5.10 Å². The maximum absolute atomic E-state index is 11.3. The molecule has 2 heterocycles. The molecule has 2 rings (SSSR count). The fourth-order valence-electron chi connectivity index (χ4n) is 1.95. The van der Waals surface area contributed by atoms with E-state index in [1.54, 1.807) is 24.0 Å². The summed E-state index contributed by atoms with van der Waals surface area (Å²) in [6, 6.07) is 1.91. The summed E-state index contributed by atoms with van der Waals surface area (Å²) < 4.78 is 6.62. The highest BCUT2D eigenvalue weighted by Gasteiger charge is 2.12. The summed E-state index contributed by atoms with van der Waals surface area (Å²) in [7, 11) is 1.84. The number of esters is 1. The highest BCUT2D eigenvalue weighted by molar-refractivity contribution is 5.69. The molecule has 0 N–H and O–H groups in total. The van der Waals surface area contributed by atoms with Crippen molar-refractivity contribution in [1.82, 2.24) is 19.7 Å². The maximum atomic E-state index is 11.3. The van der Waals surface area contributed by atoms with Crippen molar-refractivity contribution in [3.63, 3.8) is 0 Å². The lowest BCUT2D eigenvalue weighted by atomic mass is 10.1. The zero-order valence-corrected chi connectivity index (χ0v) is 12.0. The maximum Gasteiger partial charge on any atom is 0.306 e. The molecule has 0 aliphatic rings. The minimum Gasteiger partial charge on any atom is -0.466 e. The summed E-state index contributed by atoms with van der Waals surface area (Å²) >= 11 is 0. The van der Waals surface area contributed by atoms with Gasteiger partial charge in [-0.05, 0) is 25.5 Å². The summed E-state index contributed by atoms with van der Waals surface area (Å²) in [5.41, 5.74) is 2.04. The molecule has 0 radical (unpaired) electrons. The Morgan fingerprint density at radius 2 is 2.25 bits per heavy atom. The Kier molecular flexibility index (Phi) is 4.45. The zero-order chi connectivity index (χ0) is 14.5. The number of carbonyl (C=O) groups is 1. The van der Waals surface area contributed by atoms with Gasteiger partial charge in [-0.1, -0.05) is 0 Å². The third kappa shape index (κ3) is 3.20. The average molecular weight is 274 g/mol. The fourth-order valence-corrected chi connectivity index (χ4v) is 1.95. The monoisotopic (exact) mass is 274 g/mol. The van der Waals surface area contributed by atoms with Crippen LogP contribution in [0.3, 0.4) is 0 Å². The van der Waals surface area contributed by atoms with Gasteiger partial charge in [0.25, 0.3) is 0 Å². The molecule has 6 heteroatoms. The first-order valence-corrected chi connectivity index (χ1v) is 6.58. The number of aromatic nitrogens is 4. The Morgan fingerprint density at radius 1 is 1.45 bits per heavy atom. The van der Waals surface area contributed by atoms with E-state index in [0.29, 0.717) is 25.3 Å². The molecule has 0 bridgehead atoms. The molecule has 0 unspecified atom stereocenters. The Hall–Kier alpha value is -2.24. The zero-order valence-electron chi connectivity index (χ0n) is 12.0. The molecule has 0 saturated heterocycles. The molecular formula is C14H18N4O2. The molecule has 0 aromatic carbocycles. The van der Waals surface area contributed by atoms with Crippen LogP contribution in [-0.4, -0.2) is 32.3 Å². The van der Waals surface area contributed by atoms with Crippen LogP contribution in [0.4, 0.5) is 0 Å². The predicted octanol–water partition coefficient (Wildman–Crippen LogP) is 1.68. The number of pyridine rings is 1. The van der Waals surface area contributed by atoms with E-state index in [4.69, 9.17) is 4.74 Å². The van der Waals surface area contributed by atoms with Gasteiger partial charge in [-0.15, -0.1) is 0 Å². The number of nitrogens with zero attached hydrogens (tertiary/aromatic N) is 4. The number of aryl methyl sites for hydroxylation is 3. The van der Waals surface area contributed by atoms with Gasteiger partial charge in [-0.25, -0.2) is 9.67 Å². The second kappa shape index (κ2) is 6.27. The lowest BCUT2D eigenvalue weighted by Gasteiger charge is -2.02. The summed E-state index contributed by atoms with van der Waals surface area (Å²) in [5.74, 6) is 1.21. The quantitative estimate of drug-likeness (QED) is 0.776. The van der Waals surface area contributed by atoms with Gasteiger partial charge >= 0.3 is 5.97 Å². The number of ether oxygens (including phenoxy) is 1. The van der Waals surface area contributed by atoms with E-state index in [1.165, 1.54) is 0 Å². The Bertz CT molecular complexity index is 607. The van der Waals surface area contributed by atoms with E-state index in [9.17, 15) is 4.79 Å². The topological polar surface area (TPSA) is 69.9 Å². The minimum atomic E-state index is -0.221.